The molecule has 7 nitrogen and oxygen atoms in total. The molecule has 1 heterocycles. The fraction of sp³-hybridized carbons (Fsp3) is 0.579. The van der Waals surface area contributed by atoms with E-state index in [0.717, 1.165) is 31.9 Å². The number of carbonyl (C=O) groups excluding carboxylic acids is 2. The van der Waals surface area contributed by atoms with Crippen molar-refractivity contribution in [2.24, 2.45) is 0 Å². The Kier molecular flexibility index (Phi) is 5.86. The molecular formula is C19H25NO6S. The van der Waals surface area contributed by atoms with Crippen molar-refractivity contribution in [2.45, 2.75) is 49.6 Å². The van der Waals surface area contributed by atoms with Crippen LogP contribution in [0.5, 0.6) is 0 Å². The Morgan fingerprint density at radius 1 is 1.26 bits per heavy atom. The summed E-state index contributed by atoms with van der Waals surface area (Å²) in [6.45, 7) is 2.33. The highest BCUT2D eigenvalue weighted by Gasteiger charge is 2.36. The number of nitrogens with zero attached hydrogens (tertiary/aromatic N) is 1. The summed E-state index contributed by atoms with van der Waals surface area (Å²) in [5, 5.41) is 0. The van der Waals surface area contributed by atoms with Crippen molar-refractivity contribution >= 4 is 21.7 Å². The van der Waals surface area contributed by atoms with E-state index in [1.807, 2.05) is 0 Å². The fourth-order valence-corrected chi connectivity index (χ4v) is 4.39. The van der Waals surface area contributed by atoms with E-state index in [1.54, 1.807) is 17.9 Å². The van der Waals surface area contributed by atoms with Crippen LogP contribution in [-0.4, -0.2) is 63.4 Å². The van der Waals surface area contributed by atoms with E-state index in [0.29, 0.717) is 18.7 Å². The van der Waals surface area contributed by atoms with Gasteiger partial charge in [0.05, 0.1) is 29.2 Å². The number of esters is 1. The summed E-state index contributed by atoms with van der Waals surface area (Å²) in [6, 6.07) is 4.35. The maximum absolute atomic E-state index is 12.6. The number of morpholine rings is 1. The Labute approximate surface area is 159 Å². The molecule has 0 aromatic heterocycles. The van der Waals surface area contributed by atoms with Crippen LogP contribution >= 0.6 is 0 Å². The molecule has 148 valence electrons. The van der Waals surface area contributed by atoms with Crippen LogP contribution in [0, 0.1) is 6.92 Å². The zero-order valence-corrected chi connectivity index (χ0v) is 16.5. The number of hydrogen-bond donors (Lipinski definition) is 0. The molecular weight excluding hydrogens is 370 g/mol. The summed E-state index contributed by atoms with van der Waals surface area (Å²) in [7, 11) is -3.43. The maximum atomic E-state index is 12.6. The van der Waals surface area contributed by atoms with E-state index in [4.69, 9.17) is 9.47 Å². The van der Waals surface area contributed by atoms with Crippen molar-refractivity contribution in [1.29, 1.82) is 0 Å². The molecule has 1 aliphatic carbocycles. The van der Waals surface area contributed by atoms with E-state index in [1.165, 1.54) is 12.1 Å². The van der Waals surface area contributed by atoms with Gasteiger partial charge in [-0.1, -0.05) is 18.9 Å². The third-order valence-corrected chi connectivity index (χ3v) is 6.35. The Morgan fingerprint density at radius 2 is 2.00 bits per heavy atom. The molecule has 0 bridgehead atoms. The smallest absolute Gasteiger partial charge is 0.338 e. The number of rotatable bonds is 4. The van der Waals surface area contributed by atoms with Crippen LogP contribution in [0.2, 0.25) is 0 Å². The second-order valence-electron chi connectivity index (χ2n) is 7.17. The molecule has 2 aliphatic rings. The lowest BCUT2D eigenvalue weighted by Gasteiger charge is -2.43. The van der Waals surface area contributed by atoms with Crippen molar-refractivity contribution < 1.29 is 27.5 Å². The van der Waals surface area contributed by atoms with E-state index in [9.17, 15) is 18.0 Å². The molecule has 8 heteroatoms. The largest absolute Gasteiger partial charge is 0.452 e. The van der Waals surface area contributed by atoms with Gasteiger partial charge < -0.3 is 14.4 Å². The zero-order valence-electron chi connectivity index (χ0n) is 15.6. The predicted molar refractivity (Wildman–Crippen MR) is 98.3 cm³/mol. The highest BCUT2D eigenvalue weighted by Crippen LogP contribution is 2.28. The van der Waals surface area contributed by atoms with Gasteiger partial charge in [-0.25, -0.2) is 13.2 Å². The minimum atomic E-state index is -3.43. The summed E-state index contributed by atoms with van der Waals surface area (Å²) in [4.78, 5) is 26.8. The average Bonchev–Trinajstić information content (AvgIpc) is 2.64. The first-order valence-electron chi connectivity index (χ1n) is 9.16. The third kappa shape index (κ3) is 4.50. The lowest BCUT2D eigenvalue weighted by atomic mass is 9.90. The number of aryl methyl sites for hydroxylation is 1. The molecule has 1 saturated carbocycles. The van der Waals surface area contributed by atoms with Crippen LogP contribution in [0.3, 0.4) is 0 Å². The van der Waals surface area contributed by atoms with Gasteiger partial charge in [0.1, 0.15) is 0 Å². The molecule has 0 unspecified atom stereocenters. The Balaban J connectivity index is 1.66. The monoisotopic (exact) mass is 395 g/mol. The number of hydrogen-bond acceptors (Lipinski definition) is 6. The zero-order chi connectivity index (χ0) is 19.6. The molecule has 1 aliphatic heterocycles. The van der Waals surface area contributed by atoms with Crippen molar-refractivity contribution in [3.8, 4) is 0 Å². The molecule has 0 N–H and O–H groups in total. The maximum Gasteiger partial charge on any atom is 0.338 e. The van der Waals surface area contributed by atoms with Crippen LogP contribution in [0.1, 0.15) is 41.6 Å². The Hall–Kier alpha value is -1.93. The van der Waals surface area contributed by atoms with Crippen LogP contribution < -0.4 is 0 Å². The number of fused-ring (bicyclic) bond motifs is 1. The third-order valence-electron chi connectivity index (χ3n) is 5.24. The molecule has 1 amide bonds. The normalized spacial score (nSPS) is 22.8. The Morgan fingerprint density at radius 3 is 2.74 bits per heavy atom. The van der Waals surface area contributed by atoms with Gasteiger partial charge in [-0.05, 0) is 37.5 Å². The summed E-state index contributed by atoms with van der Waals surface area (Å²) in [6.07, 6.45) is 5.17. The molecule has 27 heavy (non-hydrogen) atoms. The highest BCUT2D eigenvalue weighted by molar-refractivity contribution is 7.90. The fourth-order valence-electron chi connectivity index (χ4n) is 3.75. The second-order valence-corrected chi connectivity index (χ2v) is 9.19. The lowest BCUT2D eigenvalue weighted by Crippen LogP contribution is -2.55. The lowest BCUT2D eigenvalue weighted by molar-refractivity contribution is -0.152. The van der Waals surface area contributed by atoms with Crippen molar-refractivity contribution in [3.63, 3.8) is 0 Å². The number of ether oxygens (including phenoxy) is 2. The van der Waals surface area contributed by atoms with Crippen LogP contribution in [0.15, 0.2) is 23.1 Å². The molecule has 2 atom stereocenters. The van der Waals surface area contributed by atoms with Gasteiger partial charge >= 0.3 is 5.97 Å². The van der Waals surface area contributed by atoms with Gasteiger partial charge in [-0.2, -0.15) is 0 Å². The summed E-state index contributed by atoms with van der Waals surface area (Å²) in [5.74, 6) is -0.930. The van der Waals surface area contributed by atoms with Crippen molar-refractivity contribution in [3.05, 3.63) is 29.3 Å². The highest BCUT2D eigenvalue weighted by atomic mass is 32.2. The van der Waals surface area contributed by atoms with Crippen LogP contribution in [0.25, 0.3) is 0 Å². The molecule has 1 aromatic rings. The van der Waals surface area contributed by atoms with E-state index in [-0.39, 0.29) is 35.1 Å². The molecule has 0 radical (unpaired) electrons. The SMILES string of the molecule is Cc1ccc(S(C)(=O)=O)cc1C(=O)OCC(=O)N1CCO[C@H]2CCCC[C@H]21. The number of benzene rings is 1. The predicted octanol–water partition coefficient (Wildman–Crippen LogP) is 1.73. The number of amides is 1. The standard InChI is InChI=1S/C19H25NO6S/c1-13-7-8-14(27(2,23)24)11-15(13)19(22)26-12-18(21)20-9-10-25-17-6-4-3-5-16(17)20/h7-8,11,16-17H,3-6,9-10,12H2,1-2H3/t16-,17+/m1/s1. The molecule has 1 aromatic carbocycles. The first kappa shape index (κ1) is 19.8. The van der Waals surface area contributed by atoms with Crippen LogP contribution in [0.4, 0.5) is 0 Å². The van der Waals surface area contributed by atoms with Gasteiger partial charge in [0.15, 0.2) is 16.4 Å². The van der Waals surface area contributed by atoms with Gasteiger partial charge in [-0.15, -0.1) is 0 Å². The Bertz CT molecular complexity index is 833. The average molecular weight is 395 g/mol. The van der Waals surface area contributed by atoms with Gasteiger partial charge in [0, 0.05) is 12.8 Å². The summed E-state index contributed by atoms with van der Waals surface area (Å²) < 4.78 is 34.4. The van der Waals surface area contributed by atoms with Gasteiger partial charge in [-0.3, -0.25) is 4.79 Å². The quantitative estimate of drug-likeness (QED) is 0.721. The first-order chi connectivity index (χ1) is 12.8. The van der Waals surface area contributed by atoms with Crippen LogP contribution in [-0.2, 0) is 24.1 Å². The van der Waals surface area contributed by atoms with Gasteiger partial charge in [0.25, 0.3) is 5.91 Å². The number of sulfone groups is 1. The van der Waals surface area contributed by atoms with Crippen molar-refractivity contribution in [2.75, 3.05) is 26.0 Å². The molecule has 0 spiro atoms. The van der Waals surface area contributed by atoms with E-state index < -0.39 is 15.8 Å². The molecule has 2 fully saturated rings. The van der Waals surface area contributed by atoms with E-state index in [2.05, 4.69) is 0 Å². The summed E-state index contributed by atoms with van der Waals surface area (Å²) in [5.41, 5.74) is 0.752. The topological polar surface area (TPSA) is 90.0 Å². The van der Waals surface area contributed by atoms with E-state index >= 15 is 0 Å². The number of carbonyl (C=O) groups is 2. The molecule has 3 rings (SSSR count). The first-order valence-corrected chi connectivity index (χ1v) is 11.1. The van der Waals surface area contributed by atoms with Gasteiger partial charge in [0.2, 0.25) is 0 Å². The minimum absolute atomic E-state index is 0.0459. The minimum Gasteiger partial charge on any atom is -0.452 e. The second kappa shape index (κ2) is 7.98. The molecule has 1 saturated heterocycles. The summed E-state index contributed by atoms with van der Waals surface area (Å²) >= 11 is 0. The van der Waals surface area contributed by atoms with Crippen molar-refractivity contribution in [1.82, 2.24) is 4.90 Å².